The lowest BCUT2D eigenvalue weighted by Crippen LogP contribution is -2.28. The normalized spacial score (nSPS) is 24.7. The van der Waals surface area contributed by atoms with E-state index in [2.05, 4.69) is 17.1 Å². The molecule has 1 aliphatic heterocycles. The Morgan fingerprint density at radius 3 is 2.56 bits per heavy atom. The van der Waals surface area contributed by atoms with Crippen LogP contribution < -0.4 is 5.32 Å². The zero-order valence-corrected chi connectivity index (χ0v) is 10.9. The molecule has 4 heteroatoms. The number of rotatable bonds is 4. The summed E-state index contributed by atoms with van der Waals surface area (Å²) in [6.07, 6.45) is 1.06. The zero-order chi connectivity index (χ0) is 13.1. The highest BCUT2D eigenvalue weighted by atomic mass is 19.1. The third kappa shape index (κ3) is 2.87. The molecule has 1 aliphatic rings. The molecule has 0 aromatic heterocycles. The van der Waals surface area contributed by atoms with E-state index in [1.165, 1.54) is 12.1 Å². The summed E-state index contributed by atoms with van der Waals surface area (Å²) in [6.45, 7) is 4.85. The van der Waals surface area contributed by atoms with Gasteiger partial charge in [0.15, 0.2) is 0 Å². The van der Waals surface area contributed by atoms with Gasteiger partial charge in [0, 0.05) is 12.1 Å². The Hall–Kier alpha value is -1.00. The largest absolute Gasteiger partial charge is 0.317 e. The van der Waals surface area contributed by atoms with Crippen molar-refractivity contribution in [3.63, 3.8) is 0 Å². The van der Waals surface area contributed by atoms with Crippen LogP contribution in [0.15, 0.2) is 18.2 Å². The monoisotopic (exact) mass is 254 g/mol. The summed E-state index contributed by atoms with van der Waals surface area (Å²) in [5, 5.41) is 3.33. The number of likely N-dealkylation sites (tertiary alicyclic amines) is 1. The van der Waals surface area contributed by atoms with Crippen molar-refractivity contribution in [1.29, 1.82) is 0 Å². The standard InChI is InChI=1S/C14H20F2N2/c1-3-17-9-10-4-5-18(2)14(10)11-6-12(15)8-13(16)7-11/h6-8,10,14,17H,3-5,9H2,1-2H3. The van der Waals surface area contributed by atoms with Crippen LogP contribution >= 0.6 is 0 Å². The minimum atomic E-state index is -0.493. The second-order valence-corrected chi connectivity index (χ2v) is 4.98. The number of nitrogens with one attached hydrogen (secondary N) is 1. The quantitative estimate of drug-likeness (QED) is 0.888. The van der Waals surface area contributed by atoms with Gasteiger partial charge < -0.3 is 5.32 Å². The van der Waals surface area contributed by atoms with Gasteiger partial charge in [-0.3, -0.25) is 4.90 Å². The van der Waals surface area contributed by atoms with Crippen LogP contribution in [0.3, 0.4) is 0 Å². The Balaban J connectivity index is 2.22. The Bertz CT molecular complexity index is 389. The molecule has 2 unspecified atom stereocenters. The lowest BCUT2D eigenvalue weighted by molar-refractivity contribution is 0.271. The van der Waals surface area contributed by atoms with Crippen molar-refractivity contribution in [2.24, 2.45) is 5.92 Å². The predicted octanol–water partition coefficient (Wildman–Crippen LogP) is 2.57. The van der Waals surface area contributed by atoms with Crippen molar-refractivity contribution in [3.05, 3.63) is 35.4 Å². The smallest absolute Gasteiger partial charge is 0.126 e. The summed E-state index contributed by atoms with van der Waals surface area (Å²) in [5.41, 5.74) is 0.746. The van der Waals surface area contributed by atoms with Crippen LogP contribution in [-0.2, 0) is 0 Å². The van der Waals surface area contributed by atoms with Crippen LogP contribution in [0.2, 0.25) is 0 Å². The average molecular weight is 254 g/mol. The molecule has 1 fully saturated rings. The van der Waals surface area contributed by atoms with Gasteiger partial charge in [-0.25, -0.2) is 8.78 Å². The summed E-state index contributed by atoms with van der Waals surface area (Å²) in [6, 6.07) is 3.94. The molecule has 1 saturated heterocycles. The Morgan fingerprint density at radius 2 is 1.94 bits per heavy atom. The molecule has 0 radical (unpaired) electrons. The molecular formula is C14H20F2N2. The third-order valence-corrected chi connectivity index (χ3v) is 3.66. The molecule has 1 aromatic carbocycles. The van der Waals surface area contributed by atoms with E-state index in [4.69, 9.17) is 0 Å². The number of benzene rings is 1. The minimum Gasteiger partial charge on any atom is -0.317 e. The first-order valence-electron chi connectivity index (χ1n) is 6.48. The first-order valence-corrected chi connectivity index (χ1v) is 6.48. The molecule has 0 bridgehead atoms. The molecule has 0 saturated carbocycles. The van der Waals surface area contributed by atoms with Crippen LogP contribution in [0.5, 0.6) is 0 Å². The van der Waals surface area contributed by atoms with E-state index in [9.17, 15) is 8.78 Å². The summed E-state index contributed by atoms with van der Waals surface area (Å²) < 4.78 is 26.6. The van der Waals surface area contributed by atoms with Gasteiger partial charge in [-0.2, -0.15) is 0 Å². The van der Waals surface area contributed by atoms with Gasteiger partial charge in [-0.05, 0) is 56.7 Å². The van der Waals surface area contributed by atoms with Crippen LogP contribution in [-0.4, -0.2) is 31.6 Å². The highest BCUT2D eigenvalue weighted by molar-refractivity contribution is 5.23. The van der Waals surface area contributed by atoms with E-state index < -0.39 is 11.6 Å². The minimum absolute atomic E-state index is 0.106. The number of hydrogen-bond acceptors (Lipinski definition) is 2. The molecule has 18 heavy (non-hydrogen) atoms. The van der Waals surface area contributed by atoms with Crippen LogP contribution in [0.4, 0.5) is 8.78 Å². The molecular weight excluding hydrogens is 234 g/mol. The van der Waals surface area contributed by atoms with Crippen molar-refractivity contribution in [2.75, 3.05) is 26.7 Å². The predicted molar refractivity (Wildman–Crippen MR) is 68.4 cm³/mol. The molecule has 1 heterocycles. The van der Waals surface area contributed by atoms with E-state index in [-0.39, 0.29) is 6.04 Å². The number of nitrogens with zero attached hydrogens (tertiary/aromatic N) is 1. The van der Waals surface area contributed by atoms with Crippen molar-refractivity contribution in [2.45, 2.75) is 19.4 Å². The highest BCUT2D eigenvalue weighted by Crippen LogP contribution is 2.36. The van der Waals surface area contributed by atoms with E-state index >= 15 is 0 Å². The third-order valence-electron chi connectivity index (χ3n) is 3.66. The average Bonchev–Trinajstić information content (AvgIpc) is 2.66. The summed E-state index contributed by atoms with van der Waals surface area (Å²) in [4.78, 5) is 2.18. The Kier molecular flexibility index (Phi) is 4.30. The topological polar surface area (TPSA) is 15.3 Å². The highest BCUT2D eigenvalue weighted by Gasteiger charge is 2.32. The summed E-state index contributed by atoms with van der Waals surface area (Å²) in [5.74, 6) is -0.573. The first-order chi connectivity index (χ1) is 8.61. The fourth-order valence-electron chi connectivity index (χ4n) is 2.84. The molecule has 2 atom stereocenters. The fraction of sp³-hybridized carbons (Fsp3) is 0.571. The molecule has 100 valence electrons. The van der Waals surface area contributed by atoms with E-state index in [1.54, 1.807) is 0 Å². The van der Waals surface area contributed by atoms with Crippen molar-refractivity contribution >= 4 is 0 Å². The van der Waals surface area contributed by atoms with Gasteiger partial charge in [0.2, 0.25) is 0 Å². The lowest BCUT2D eigenvalue weighted by atomic mass is 9.93. The van der Waals surface area contributed by atoms with Gasteiger partial charge in [0.1, 0.15) is 11.6 Å². The molecule has 1 aromatic rings. The van der Waals surface area contributed by atoms with E-state index in [0.29, 0.717) is 5.92 Å². The lowest BCUT2D eigenvalue weighted by Gasteiger charge is -2.25. The van der Waals surface area contributed by atoms with Gasteiger partial charge >= 0.3 is 0 Å². The van der Waals surface area contributed by atoms with Crippen molar-refractivity contribution in [3.8, 4) is 0 Å². The Morgan fingerprint density at radius 1 is 1.28 bits per heavy atom. The molecule has 0 spiro atoms. The SMILES string of the molecule is CCNCC1CCN(C)C1c1cc(F)cc(F)c1. The number of hydrogen-bond donors (Lipinski definition) is 1. The molecule has 2 nitrogen and oxygen atoms in total. The molecule has 0 amide bonds. The van der Waals surface area contributed by atoms with E-state index in [0.717, 1.165) is 37.7 Å². The zero-order valence-electron chi connectivity index (χ0n) is 10.9. The summed E-state index contributed by atoms with van der Waals surface area (Å²) >= 11 is 0. The van der Waals surface area contributed by atoms with Crippen molar-refractivity contribution < 1.29 is 8.78 Å². The molecule has 2 rings (SSSR count). The second kappa shape index (κ2) is 5.76. The van der Waals surface area contributed by atoms with Gasteiger partial charge in [0.25, 0.3) is 0 Å². The van der Waals surface area contributed by atoms with Crippen LogP contribution in [0.1, 0.15) is 24.9 Å². The van der Waals surface area contributed by atoms with Gasteiger partial charge in [-0.15, -0.1) is 0 Å². The van der Waals surface area contributed by atoms with Crippen LogP contribution in [0, 0.1) is 17.6 Å². The van der Waals surface area contributed by atoms with Gasteiger partial charge in [0.05, 0.1) is 0 Å². The van der Waals surface area contributed by atoms with Gasteiger partial charge in [-0.1, -0.05) is 6.92 Å². The summed E-state index contributed by atoms with van der Waals surface area (Å²) in [7, 11) is 2.01. The van der Waals surface area contributed by atoms with E-state index in [1.807, 2.05) is 7.05 Å². The second-order valence-electron chi connectivity index (χ2n) is 4.98. The maximum absolute atomic E-state index is 13.3. The molecule has 1 N–H and O–H groups in total. The molecule has 0 aliphatic carbocycles. The maximum atomic E-state index is 13.3. The fourth-order valence-corrected chi connectivity index (χ4v) is 2.84. The van der Waals surface area contributed by atoms with Crippen molar-refractivity contribution in [1.82, 2.24) is 10.2 Å². The first kappa shape index (κ1) is 13.4. The number of halogens is 2. The maximum Gasteiger partial charge on any atom is 0.126 e. The van der Waals surface area contributed by atoms with Crippen LogP contribution in [0.25, 0.3) is 0 Å². The Labute approximate surface area is 107 Å².